The quantitative estimate of drug-likeness (QED) is 0.691. The van der Waals surface area contributed by atoms with E-state index in [4.69, 9.17) is 4.42 Å². The standard InChI is InChI=1S/C21H22FN5O2/c22-16-3-5-17(6-4-16)26-9-11-27(12-10-26)19(20-2-1-13-29-20)15-25-21(28)18-14-23-7-8-24-18/h1-8,13-14,19H,9-12,15H2,(H,25,28)/t19-/m1/s1. The maximum atomic E-state index is 13.2. The van der Waals surface area contributed by atoms with Crippen LogP contribution in [0.5, 0.6) is 0 Å². The van der Waals surface area contributed by atoms with E-state index in [0.717, 1.165) is 37.6 Å². The Morgan fingerprint density at radius 3 is 2.59 bits per heavy atom. The molecule has 150 valence electrons. The van der Waals surface area contributed by atoms with Gasteiger partial charge in [0.2, 0.25) is 0 Å². The van der Waals surface area contributed by atoms with Crippen molar-refractivity contribution in [1.82, 2.24) is 20.2 Å². The Bertz CT molecular complexity index is 910. The molecule has 1 amide bonds. The highest BCUT2D eigenvalue weighted by Gasteiger charge is 2.27. The van der Waals surface area contributed by atoms with Crippen molar-refractivity contribution in [3.05, 3.63) is 78.5 Å². The van der Waals surface area contributed by atoms with Gasteiger partial charge in [0.25, 0.3) is 5.91 Å². The molecule has 4 rings (SSSR count). The molecule has 1 atom stereocenters. The fourth-order valence-corrected chi connectivity index (χ4v) is 3.53. The molecule has 0 unspecified atom stereocenters. The van der Waals surface area contributed by atoms with Gasteiger partial charge in [0, 0.05) is 50.8 Å². The second-order valence-electron chi connectivity index (χ2n) is 6.83. The monoisotopic (exact) mass is 395 g/mol. The lowest BCUT2D eigenvalue weighted by Crippen LogP contribution is -2.49. The van der Waals surface area contributed by atoms with E-state index in [9.17, 15) is 9.18 Å². The number of nitrogens with one attached hydrogen (secondary N) is 1. The van der Waals surface area contributed by atoms with E-state index in [1.165, 1.54) is 30.7 Å². The molecule has 1 N–H and O–H groups in total. The third-order valence-electron chi connectivity index (χ3n) is 5.07. The molecule has 0 aliphatic carbocycles. The number of hydrogen-bond donors (Lipinski definition) is 1. The van der Waals surface area contributed by atoms with Gasteiger partial charge >= 0.3 is 0 Å². The largest absolute Gasteiger partial charge is 0.468 e. The Balaban J connectivity index is 1.40. The zero-order valence-electron chi connectivity index (χ0n) is 15.9. The second-order valence-corrected chi connectivity index (χ2v) is 6.83. The van der Waals surface area contributed by atoms with Gasteiger partial charge in [0.1, 0.15) is 17.3 Å². The Kier molecular flexibility index (Phi) is 5.81. The molecule has 8 heteroatoms. The van der Waals surface area contributed by atoms with Gasteiger partial charge in [-0.3, -0.25) is 14.7 Å². The topological polar surface area (TPSA) is 74.5 Å². The normalized spacial score (nSPS) is 15.8. The maximum absolute atomic E-state index is 13.2. The lowest BCUT2D eigenvalue weighted by molar-refractivity contribution is 0.0917. The smallest absolute Gasteiger partial charge is 0.271 e. The van der Waals surface area contributed by atoms with Crippen LogP contribution in [-0.4, -0.2) is 53.5 Å². The number of hydrogen-bond acceptors (Lipinski definition) is 6. The first-order chi connectivity index (χ1) is 14.2. The molecular weight excluding hydrogens is 373 g/mol. The minimum atomic E-state index is -0.264. The Morgan fingerprint density at radius 1 is 1.14 bits per heavy atom. The molecule has 2 aromatic heterocycles. The van der Waals surface area contributed by atoms with Gasteiger partial charge in [0.15, 0.2) is 0 Å². The summed E-state index contributed by atoms with van der Waals surface area (Å²) in [5.41, 5.74) is 1.29. The minimum Gasteiger partial charge on any atom is -0.468 e. The molecule has 7 nitrogen and oxygen atoms in total. The van der Waals surface area contributed by atoms with Gasteiger partial charge in [-0.25, -0.2) is 9.37 Å². The maximum Gasteiger partial charge on any atom is 0.271 e. The number of carbonyl (C=O) groups is 1. The van der Waals surface area contributed by atoms with Crippen LogP contribution in [0.4, 0.5) is 10.1 Å². The van der Waals surface area contributed by atoms with Crippen LogP contribution in [0.1, 0.15) is 22.3 Å². The van der Waals surface area contributed by atoms with Gasteiger partial charge in [-0.15, -0.1) is 0 Å². The number of piperazine rings is 1. The van der Waals surface area contributed by atoms with Gasteiger partial charge in [-0.05, 0) is 36.4 Å². The van der Waals surface area contributed by atoms with E-state index in [1.807, 2.05) is 12.1 Å². The minimum absolute atomic E-state index is 0.0824. The van der Waals surface area contributed by atoms with Crippen molar-refractivity contribution >= 4 is 11.6 Å². The van der Waals surface area contributed by atoms with Gasteiger partial charge in [-0.1, -0.05) is 0 Å². The average Bonchev–Trinajstić information content (AvgIpc) is 3.30. The molecule has 1 aliphatic heterocycles. The predicted octanol–water partition coefficient (Wildman–Crippen LogP) is 2.50. The van der Waals surface area contributed by atoms with Crippen molar-refractivity contribution in [1.29, 1.82) is 0 Å². The van der Waals surface area contributed by atoms with E-state index >= 15 is 0 Å². The van der Waals surface area contributed by atoms with E-state index in [2.05, 4.69) is 25.1 Å². The van der Waals surface area contributed by atoms with Crippen LogP contribution >= 0.6 is 0 Å². The summed E-state index contributed by atoms with van der Waals surface area (Å²) in [6, 6.07) is 10.3. The first kappa shape index (κ1) is 19.1. The van der Waals surface area contributed by atoms with E-state index in [-0.39, 0.29) is 23.5 Å². The summed E-state index contributed by atoms with van der Waals surface area (Å²) in [6.07, 6.45) is 6.11. The summed E-state index contributed by atoms with van der Waals surface area (Å²) in [6.45, 7) is 3.61. The molecule has 3 heterocycles. The van der Waals surface area contributed by atoms with Gasteiger partial charge in [-0.2, -0.15) is 0 Å². The van der Waals surface area contributed by atoms with E-state index in [1.54, 1.807) is 18.4 Å². The summed E-state index contributed by atoms with van der Waals surface area (Å²) in [5.74, 6) is 0.309. The first-order valence-electron chi connectivity index (χ1n) is 9.53. The van der Waals surface area contributed by atoms with Crippen LogP contribution in [0.3, 0.4) is 0 Å². The Morgan fingerprint density at radius 2 is 1.93 bits per heavy atom. The highest BCUT2D eigenvalue weighted by atomic mass is 19.1. The van der Waals surface area contributed by atoms with Crippen LogP contribution in [0.15, 0.2) is 65.7 Å². The molecule has 1 saturated heterocycles. The highest BCUT2D eigenvalue weighted by molar-refractivity contribution is 5.91. The van der Waals surface area contributed by atoms with Crippen LogP contribution < -0.4 is 10.2 Å². The second kappa shape index (κ2) is 8.83. The number of nitrogens with zero attached hydrogens (tertiary/aromatic N) is 4. The van der Waals surface area contributed by atoms with Crippen molar-refractivity contribution in [2.45, 2.75) is 6.04 Å². The average molecular weight is 395 g/mol. The van der Waals surface area contributed by atoms with Gasteiger partial charge in [0.05, 0.1) is 18.5 Å². The number of rotatable bonds is 6. The lowest BCUT2D eigenvalue weighted by Gasteiger charge is -2.39. The van der Waals surface area contributed by atoms with Crippen molar-refractivity contribution in [2.24, 2.45) is 0 Å². The Labute approximate surface area is 168 Å². The summed E-state index contributed by atoms with van der Waals surface area (Å²) >= 11 is 0. The van der Waals surface area contributed by atoms with E-state index in [0.29, 0.717) is 6.54 Å². The molecule has 0 saturated carbocycles. The SMILES string of the molecule is O=C(NC[C@H](c1ccco1)N1CCN(c2ccc(F)cc2)CC1)c1cnccn1. The van der Waals surface area contributed by atoms with Crippen molar-refractivity contribution in [3.8, 4) is 0 Å². The third-order valence-corrected chi connectivity index (χ3v) is 5.07. The predicted molar refractivity (Wildman–Crippen MR) is 106 cm³/mol. The van der Waals surface area contributed by atoms with Gasteiger partial charge < -0.3 is 14.6 Å². The van der Waals surface area contributed by atoms with Crippen molar-refractivity contribution in [3.63, 3.8) is 0 Å². The molecule has 3 aromatic rings. The summed E-state index contributed by atoms with van der Waals surface area (Å²) in [7, 11) is 0. The zero-order chi connectivity index (χ0) is 20.1. The number of amides is 1. The van der Waals surface area contributed by atoms with Crippen LogP contribution in [-0.2, 0) is 0 Å². The van der Waals surface area contributed by atoms with E-state index < -0.39 is 0 Å². The number of furan rings is 1. The number of halogens is 1. The number of benzene rings is 1. The molecule has 0 spiro atoms. The molecular formula is C21H22FN5O2. The number of aromatic nitrogens is 2. The zero-order valence-corrected chi connectivity index (χ0v) is 15.9. The lowest BCUT2D eigenvalue weighted by atomic mass is 10.1. The van der Waals surface area contributed by atoms with Crippen LogP contribution in [0.25, 0.3) is 0 Å². The highest BCUT2D eigenvalue weighted by Crippen LogP contribution is 2.24. The fourth-order valence-electron chi connectivity index (χ4n) is 3.53. The summed E-state index contributed by atoms with van der Waals surface area (Å²) in [4.78, 5) is 24.9. The van der Waals surface area contributed by atoms with Crippen LogP contribution in [0, 0.1) is 5.82 Å². The molecule has 1 aliphatic rings. The summed E-state index contributed by atoms with van der Waals surface area (Å²) < 4.78 is 18.8. The Hall–Kier alpha value is -3.26. The van der Waals surface area contributed by atoms with Crippen molar-refractivity contribution < 1.29 is 13.6 Å². The molecule has 0 radical (unpaired) electrons. The molecule has 1 fully saturated rings. The number of anilines is 1. The molecule has 0 bridgehead atoms. The first-order valence-corrected chi connectivity index (χ1v) is 9.53. The van der Waals surface area contributed by atoms with Crippen molar-refractivity contribution in [2.75, 3.05) is 37.6 Å². The van der Waals surface area contributed by atoms with Crippen LogP contribution in [0.2, 0.25) is 0 Å². The molecule has 1 aromatic carbocycles. The number of carbonyl (C=O) groups excluding carboxylic acids is 1. The fraction of sp³-hybridized carbons (Fsp3) is 0.286. The third kappa shape index (κ3) is 4.60. The summed E-state index contributed by atoms with van der Waals surface area (Å²) in [5, 5.41) is 2.94. The molecule has 29 heavy (non-hydrogen) atoms.